The molecule has 0 bridgehead atoms. The number of nitrogens with one attached hydrogen (secondary N) is 1. The fourth-order valence-electron chi connectivity index (χ4n) is 1.08. The highest BCUT2D eigenvalue weighted by atomic mass is 32.9. The molecule has 0 unspecified atom stereocenters. The number of carbonyl (C=O) groups is 2. The van der Waals surface area contributed by atoms with E-state index in [2.05, 4.69) is 5.32 Å². The molecule has 0 radical (unpaired) electrons. The second kappa shape index (κ2) is 7.48. The molecule has 0 spiro atoms. The zero-order valence-electron chi connectivity index (χ0n) is 11.0. The van der Waals surface area contributed by atoms with Crippen LogP contribution in [0.2, 0.25) is 0 Å². The van der Waals surface area contributed by atoms with Gasteiger partial charge in [0.05, 0.1) is 17.3 Å². The lowest BCUT2D eigenvalue weighted by molar-refractivity contribution is -0.313. The van der Waals surface area contributed by atoms with Crippen LogP contribution in [0, 0.1) is 0 Å². The van der Waals surface area contributed by atoms with E-state index in [1.807, 2.05) is 6.92 Å². The van der Waals surface area contributed by atoms with Crippen LogP contribution in [-0.2, 0) is 25.9 Å². The smallest absolute Gasteiger partial charge is 0.231 e. The van der Waals surface area contributed by atoms with Crippen molar-refractivity contribution in [1.82, 2.24) is 5.32 Å². The van der Waals surface area contributed by atoms with Gasteiger partial charge in [-0.3, -0.25) is 4.79 Å². The number of aliphatic carboxylic acids is 1. The molecule has 0 aliphatic carbocycles. The monoisotopic (exact) mass is 312 g/mol. The molecule has 2 atom stereocenters. The van der Waals surface area contributed by atoms with Gasteiger partial charge in [-0.2, -0.15) is 0 Å². The Morgan fingerprint density at radius 2 is 2.06 bits per heavy atom. The van der Waals surface area contributed by atoms with Gasteiger partial charge in [0, 0.05) is 6.61 Å². The number of amides is 1. The van der Waals surface area contributed by atoms with Gasteiger partial charge in [-0.05, 0) is 26.9 Å². The lowest BCUT2D eigenvalue weighted by Crippen LogP contribution is -2.58. The molecule has 0 saturated carbocycles. The number of carbonyl (C=O) groups excluding carboxylic acids is 2. The van der Waals surface area contributed by atoms with Crippen molar-refractivity contribution in [3.63, 3.8) is 0 Å². The summed E-state index contributed by atoms with van der Waals surface area (Å²) in [6.45, 7) is 7.24. The molecule has 1 amide bonds. The fourth-order valence-corrected chi connectivity index (χ4v) is 4.43. The quantitative estimate of drug-likeness (QED) is 0.666. The van der Waals surface area contributed by atoms with Crippen molar-refractivity contribution in [2.75, 3.05) is 19.0 Å². The lowest BCUT2D eigenvalue weighted by Gasteiger charge is -2.30. The van der Waals surface area contributed by atoms with Gasteiger partial charge in [0.2, 0.25) is 5.91 Å². The highest BCUT2D eigenvalue weighted by Crippen LogP contribution is 2.56. The Kier molecular flexibility index (Phi) is 7.44. The van der Waals surface area contributed by atoms with E-state index in [1.54, 1.807) is 13.6 Å². The van der Waals surface area contributed by atoms with Crippen molar-refractivity contribution < 1.29 is 19.2 Å². The Labute approximate surface area is 117 Å². The third kappa shape index (κ3) is 6.18. The Hall–Kier alpha value is -0.100. The number of hydrogen-bond donors (Lipinski definition) is 1. The number of carboxylic acids is 1. The summed E-state index contributed by atoms with van der Waals surface area (Å²) >= 11 is 6.48. The summed E-state index contributed by atoms with van der Waals surface area (Å²) in [5.41, 5.74) is -3.35. The van der Waals surface area contributed by atoms with Crippen LogP contribution in [0.5, 0.6) is 0 Å². The number of carboxylic acid groups (broad SMARTS) is 1. The molecule has 18 heavy (non-hydrogen) atoms. The first kappa shape index (κ1) is 17.9. The van der Waals surface area contributed by atoms with Gasteiger partial charge in [-0.1, -0.05) is 30.1 Å². The first-order chi connectivity index (χ1) is 8.17. The van der Waals surface area contributed by atoms with E-state index in [4.69, 9.17) is 16.3 Å². The highest BCUT2D eigenvalue weighted by molar-refractivity contribution is 8.69. The van der Waals surface area contributed by atoms with E-state index >= 15 is 0 Å². The molecule has 8 heteroatoms. The molecule has 0 heterocycles. The maximum absolute atomic E-state index is 11.7. The second-order valence-corrected chi connectivity index (χ2v) is 12.0. The number of rotatable bonds is 8. The van der Waals surface area contributed by atoms with Gasteiger partial charge in [-0.25, -0.2) is 0 Å². The van der Waals surface area contributed by atoms with Gasteiger partial charge in [0.25, 0.3) is 0 Å². The first-order valence-electron chi connectivity index (χ1n) is 5.56. The molecular weight excluding hydrogens is 293 g/mol. The predicted octanol–water partition coefficient (Wildman–Crippen LogP) is 0.730. The van der Waals surface area contributed by atoms with Crippen LogP contribution >= 0.6 is 16.8 Å². The van der Waals surface area contributed by atoms with Gasteiger partial charge in [0.1, 0.15) is 5.47 Å². The van der Waals surface area contributed by atoms with Crippen molar-refractivity contribution in [2.24, 2.45) is 0 Å². The molecule has 0 fully saturated rings. The summed E-state index contributed by atoms with van der Waals surface area (Å²) in [6.07, 6.45) is 0.261. The summed E-state index contributed by atoms with van der Waals surface area (Å²) in [6, 6.07) is 0. The van der Waals surface area contributed by atoms with Gasteiger partial charge >= 0.3 is 0 Å². The molecule has 0 saturated heterocycles. The van der Waals surface area contributed by atoms with Crippen molar-refractivity contribution in [3.8, 4) is 0 Å². The average molecular weight is 312 g/mol. The molecule has 0 aromatic carbocycles. The summed E-state index contributed by atoms with van der Waals surface area (Å²) in [7, 11) is 0. The molecule has 0 rings (SSSR count). The molecular formula is C10H19NO4PS2-. The van der Waals surface area contributed by atoms with Crippen molar-refractivity contribution in [3.05, 3.63) is 0 Å². The third-order valence-corrected chi connectivity index (χ3v) is 7.33. The van der Waals surface area contributed by atoms with E-state index in [0.717, 1.165) is 0 Å². The Balaban J connectivity index is 4.36. The van der Waals surface area contributed by atoms with Crippen LogP contribution in [-0.4, -0.2) is 36.4 Å². The highest BCUT2D eigenvalue weighted by Gasteiger charge is 2.26. The zero-order valence-corrected chi connectivity index (χ0v) is 13.5. The standard InChI is InChI=1S/C10H20NO4PS2/c1-5-10(3,9(13)14)11-8(12)7-18-16(4,17)15-6-2/h5-7H2,1-4H3,(H,11,12)(H,13,14)/p-1/t10-,16+/m0/s1. The summed E-state index contributed by atoms with van der Waals surface area (Å²) < 4.78 is 5.36. The predicted molar refractivity (Wildman–Crippen MR) is 76.1 cm³/mol. The minimum atomic E-state index is -2.02. The summed E-state index contributed by atoms with van der Waals surface area (Å²) in [5, 5.41) is 13.4. The van der Waals surface area contributed by atoms with E-state index in [0.29, 0.717) is 6.61 Å². The summed E-state index contributed by atoms with van der Waals surface area (Å²) in [4.78, 5) is 22.6. The van der Waals surface area contributed by atoms with E-state index in [9.17, 15) is 14.7 Å². The zero-order chi connectivity index (χ0) is 14.4. The third-order valence-electron chi connectivity index (χ3n) is 2.37. The maximum atomic E-state index is 11.7. The molecule has 106 valence electrons. The van der Waals surface area contributed by atoms with Gasteiger partial charge < -0.3 is 19.7 Å². The van der Waals surface area contributed by atoms with Crippen LogP contribution in [0.25, 0.3) is 0 Å². The fraction of sp³-hybridized carbons (Fsp3) is 0.800. The molecule has 0 aromatic rings. The molecule has 0 aromatic heterocycles. The van der Waals surface area contributed by atoms with Crippen molar-refractivity contribution >= 4 is 40.5 Å². The number of hydrogen-bond acceptors (Lipinski definition) is 6. The topological polar surface area (TPSA) is 78.5 Å². The first-order valence-corrected chi connectivity index (χ1v) is 10.3. The second-order valence-electron chi connectivity index (χ2n) is 3.98. The average Bonchev–Trinajstić information content (AvgIpc) is 2.26. The minimum absolute atomic E-state index is 0.0939. The molecule has 0 aliphatic heterocycles. The minimum Gasteiger partial charge on any atom is -0.548 e. The van der Waals surface area contributed by atoms with Crippen LogP contribution < -0.4 is 10.4 Å². The van der Waals surface area contributed by atoms with Crippen LogP contribution in [0.4, 0.5) is 0 Å². The maximum Gasteiger partial charge on any atom is 0.231 e. The Morgan fingerprint density at radius 3 is 2.44 bits per heavy atom. The van der Waals surface area contributed by atoms with Crippen LogP contribution in [0.1, 0.15) is 27.2 Å². The van der Waals surface area contributed by atoms with Crippen LogP contribution in [0.15, 0.2) is 0 Å². The largest absolute Gasteiger partial charge is 0.548 e. The lowest BCUT2D eigenvalue weighted by atomic mass is 9.99. The van der Waals surface area contributed by atoms with E-state index in [-0.39, 0.29) is 18.1 Å². The van der Waals surface area contributed by atoms with Crippen LogP contribution in [0.3, 0.4) is 0 Å². The van der Waals surface area contributed by atoms with E-state index in [1.165, 1.54) is 18.3 Å². The van der Waals surface area contributed by atoms with Crippen molar-refractivity contribution in [1.29, 1.82) is 0 Å². The van der Waals surface area contributed by atoms with Gasteiger partial charge in [0.15, 0.2) is 0 Å². The summed E-state index contributed by atoms with van der Waals surface area (Å²) in [5.74, 6) is -1.56. The van der Waals surface area contributed by atoms with E-state index < -0.39 is 17.0 Å². The van der Waals surface area contributed by atoms with Crippen molar-refractivity contribution in [2.45, 2.75) is 32.7 Å². The molecule has 5 nitrogen and oxygen atoms in total. The Morgan fingerprint density at radius 1 is 1.50 bits per heavy atom. The normalized spacial score (nSPS) is 17.6. The SMILES string of the molecule is CCO[P@](C)(=S)SCC(=O)N[C@@](C)(CC)C(=O)[O-]. The molecule has 0 aliphatic rings. The van der Waals surface area contributed by atoms with Gasteiger partial charge in [-0.15, -0.1) is 0 Å². The molecule has 1 N–H and O–H groups in total. The Bertz CT molecular complexity index is 364.